The number of benzene rings is 2. The van der Waals surface area contributed by atoms with Gasteiger partial charge in [-0.05, 0) is 50.5 Å². The van der Waals surface area contributed by atoms with Crippen molar-refractivity contribution in [2.75, 3.05) is 24.0 Å². The van der Waals surface area contributed by atoms with Crippen molar-refractivity contribution in [3.05, 3.63) is 60.2 Å². The molecule has 0 atom stereocenters. The van der Waals surface area contributed by atoms with Crippen LogP contribution in [0.1, 0.15) is 37.7 Å². The molecule has 6 nitrogen and oxygen atoms in total. The van der Waals surface area contributed by atoms with Gasteiger partial charge in [0.2, 0.25) is 5.91 Å². The topological polar surface area (TPSA) is 75.7 Å². The Morgan fingerprint density at radius 2 is 1.73 bits per heavy atom. The molecule has 1 fully saturated rings. The molecule has 0 bridgehead atoms. The minimum absolute atomic E-state index is 0.156. The Balaban J connectivity index is 1.62. The molecule has 1 amide bonds. The van der Waals surface area contributed by atoms with Crippen LogP contribution in [0.2, 0.25) is 0 Å². The fraction of sp³-hybridized carbons (Fsp3) is 0.435. The first-order chi connectivity index (χ1) is 14.5. The molecule has 1 saturated carbocycles. The van der Waals surface area contributed by atoms with Crippen molar-refractivity contribution >= 4 is 21.6 Å². The second-order valence-electron chi connectivity index (χ2n) is 7.64. The molecule has 0 radical (unpaired) electrons. The van der Waals surface area contributed by atoms with Crippen molar-refractivity contribution in [3.63, 3.8) is 0 Å². The van der Waals surface area contributed by atoms with E-state index >= 15 is 0 Å². The predicted octanol–water partition coefficient (Wildman–Crippen LogP) is 3.66. The SMILES string of the molecule is Cc1ccc(N(CC(=O)NCCCOC2CCCC2)S(=O)(=O)c2ccccc2)cc1. The predicted molar refractivity (Wildman–Crippen MR) is 118 cm³/mol. The van der Waals surface area contributed by atoms with Gasteiger partial charge in [0.05, 0.1) is 16.7 Å². The minimum atomic E-state index is -3.86. The van der Waals surface area contributed by atoms with Crippen LogP contribution in [-0.4, -0.2) is 40.1 Å². The third-order valence-corrected chi connectivity index (χ3v) is 7.03. The fourth-order valence-electron chi connectivity index (χ4n) is 3.54. The first kappa shape index (κ1) is 22.3. The van der Waals surface area contributed by atoms with Gasteiger partial charge in [-0.3, -0.25) is 9.10 Å². The Morgan fingerprint density at radius 3 is 2.40 bits per heavy atom. The first-order valence-electron chi connectivity index (χ1n) is 10.5. The average molecular weight is 431 g/mol. The van der Waals surface area contributed by atoms with Gasteiger partial charge < -0.3 is 10.1 Å². The zero-order valence-corrected chi connectivity index (χ0v) is 18.2. The summed E-state index contributed by atoms with van der Waals surface area (Å²) in [5.41, 5.74) is 1.48. The van der Waals surface area contributed by atoms with Crippen molar-refractivity contribution in [2.45, 2.75) is 50.0 Å². The second-order valence-corrected chi connectivity index (χ2v) is 9.50. The Bertz CT molecular complexity index is 908. The molecule has 0 unspecified atom stereocenters. The number of rotatable bonds is 10. The van der Waals surface area contributed by atoms with Gasteiger partial charge in [0.1, 0.15) is 6.54 Å². The van der Waals surface area contributed by atoms with E-state index in [1.54, 1.807) is 30.3 Å². The number of hydrogen-bond donors (Lipinski definition) is 1. The highest BCUT2D eigenvalue weighted by molar-refractivity contribution is 7.92. The summed E-state index contributed by atoms with van der Waals surface area (Å²) >= 11 is 0. The summed E-state index contributed by atoms with van der Waals surface area (Å²) in [7, 11) is -3.86. The van der Waals surface area contributed by atoms with E-state index in [1.807, 2.05) is 19.1 Å². The molecule has 1 N–H and O–H groups in total. The summed E-state index contributed by atoms with van der Waals surface area (Å²) in [6, 6.07) is 15.3. The molecule has 7 heteroatoms. The van der Waals surface area contributed by atoms with Crippen molar-refractivity contribution in [1.29, 1.82) is 0 Å². The lowest BCUT2D eigenvalue weighted by Gasteiger charge is -2.24. The molecule has 0 spiro atoms. The number of sulfonamides is 1. The quantitative estimate of drug-likeness (QED) is 0.584. The number of nitrogens with zero attached hydrogens (tertiary/aromatic N) is 1. The molecule has 0 heterocycles. The monoisotopic (exact) mass is 430 g/mol. The third kappa shape index (κ3) is 6.06. The number of ether oxygens (including phenoxy) is 1. The highest BCUT2D eigenvalue weighted by atomic mass is 32.2. The zero-order valence-electron chi connectivity index (χ0n) is 17.4. The van der Waals surface area contributed by atoms with E-state index < -0.39 is 10.0 Å². The maximum Gasteiger partial charge on any atom is 0.264 e. The first-order valence-corrected chi connectivity index (χ1v) is 11.9. The molecule has 0 saturated heterocycles. The summed E-state index contributed by atoms with van der Waals surface area (Å²) in [5, 5.41) is 2.82. The van der Waals surface area contributed by atoms with Crippen LogP contribution in [0.5, 0.6) is 0 Å². The summed E-state index contributed by atoms with van der Waals surface area (Å²) in [6.07, 6.45) is 5.76. The number of hydrogen-bond acceptors (Lipinski definition) is 4. The lowest BCUT2D eigenvalue weighted by molar-refractivity contribution is -0.119. The van der Waals surface area contributed by atoms with Gasteiger partial charge in [0, 0.05) is 13.2 Å². The Morgan fingerprint density at radius 1 is 1.07 bits per heavy atom. The van der Waals surface area contributed by atoms with E-state index in [2.05, 4.69) is 5.32 Å². The smallest absolute Gasteiger partial charge is 0.264 e. The van der Waals surface area contributed by atoms with Gasteiger partial charge in [0.25, 0.3) is 10.0 Å². The Hall–Kier alpha value is -2.38. The number of amides is 1. The third-order valence-electron chi connectivity index (χ3n) is 5.24. The number of aryl methyl sites for hydroxylation is 1. The summed E-state index contributed by atoms with van der Waals surface area (Å²) in [5.74, 6) is -0.337. The number of nitrogens with one attached hydrogen (secondary N) is 1. The molecule has 162 valence electrons. The van der Waals surface area contributed by atoms with E-state index in [4.69, 9.17) is 4.74 Å². The van der Waals surface area contributed by atoms with E-state index in [0.717, 1.165) is 22.7 Å². The highest BCUT2D eigenvalue weighted by Crippen LogP contribution is 2.24. The summed E-state index contributed by atoms with van der Waals surface area (Å²) in [4.78, 5) is 12.7. The van der Waals surface area contributed by atoms with E-state index in [1.165, 1.54) is 25.0 Å². The fourth-order valence-corrected chi connectivity index (χ4v) is 4.98. The van der Waals surface area contributed by atoms with Gasteiger partial charge in [0.15, 0.2) is 0 Å². The second kappa shape index (κ2) is 10.6. The molecular weight excluding hydrogens is 400 g/mol. The number of carbonyl (C=O) groups excluding carboxylic acids is 1. The molecule has 30 heavy (non-hydrogen) atoms. The zero-order chi connectivity index (χ0) is 21.4. The maximum absolute atomic E-state index is 13.2. The van der Waals surface area contributed by atoms with Crippen molar-refractivity contribution in [2.24, 2.45) is 0 Å². The van der Waals surface area contributed by atoms with Gasteiger partial charge >= 0.3 is 0 Å². The van der Waals surface area contributed by atoms with Crippen LogP contribution in [0.25, 0.3) is 0 Å². The molecule has 0 aliphatic heterocycles. The molecule has 1 aliphatic carbocycles. The highest BCUT2D eigenvalue weighted by Gasteiger charge is 2.27. The molecule has 2 aromatic rings. The van der Waals surface area contributed by atoms with Crippen LogP contribution in [0.4, 0.5) is 5.69 Å². The van der Waals surface area contributed by atoms with Crippen LogP contribution < -0.4 is 9.62 Å². The molecular formula is C23H30N2O4S. The van der Waals surface area contributed by atoms with Crippen molar-refractivity contribution in [3.8, 4) is 0 Å². The van der Waals surface area contributed by atoms with Gasteiger partial charge in [-0.1, -0.05) is 48.7 Å². The van der Waals surface area contributed by atoms with Crippen molar-refractivity contribution < 1.29 is 17.9 Å². The number of carbonyl (C=O) groups is 1. The van der Waals surface area contributed by atoms with Gasteiger partial charge in [-0.15, -0.1) is 0 Å². The lowest BCUT2D eigenvalue weighted by Crippen LogP contribution is -2.41. The van der Waals surface area contributed by atoms with Crippen molar-refractivity contribution in [1.82, 2.24) is 5.32 Å². The van der Waals surface area contributed by atoms with E-state index in [-0.39, 0.29) is 17.3 Å². The molecule has 1 aliphatic rings. The largest absolute Gasteiger partial charge is 0.378 e. The summed E-state index contributed by atoms with van der Waals surface area (Å²) in [6.45, 7) is 2.72. The summed E-state index contributed by atoms with van der Waals surface area (Å²) < 4.78 is 33.4. The number of anilines is 1. The van der Waals surface area contributed by atoms with Gasteiger partial charge in [-0.2, -0.15) is 0 Å². The van der Waals surface area contributed by atoms with Crippen LogP contribution in [0, 0.1) is 6.92 Å². The molecule has 2 aromatic carbocycles. The normalized spacial score (nSPS) is 14.6. The Kier molecular flexibility index (Phi) is 7.87. The maximum atomic E-state index is 13.2. The Labute approximate surface area is 179 Å². The van der Waals surface area contributed by atoms with Gasteiger partial charge in [-0.25, -0.2) is 8.42 Å². The van der Waals surface area contributed by atoms with Crippen LogP contribution in [0.15, 0.2) is 59.5 Å². The molecule has 3 rings (SSSR count). The minimum Gasteiger partial charge on any atom is -0.378 e. The lowest BCUT2D eigenvalue weighted by atomic mass is 10.2. The average Bonchev–Trinajstić information content (AvgIpc) is 3.27. The standard InChI is InChI=1S/C23H30N2O4S/c1-19-12-14-20(15-13-19)25(30(27,28)22-10-3-2-4-11-22)18-23(26)24-16-7-17-29-21-8-5-6-9-21/h2-4,10-15,21H,5-9,16-18H2,1H3,(H,24,26). The van der Waals surface area contributed by atoms with E-state index in [9.17, 15) is 13.2 Å². The van der Waals surface area contributed by atoms with Crippen LogP contribution in [-0.2, 0) is 19.6 Å². The van der Waals surface area contributed by atoms with E-state index in [0.29, 0.717) is 31.4 Å². The van der Waals surface area contributed by atoms with Crippen LogP contribution >= 0.6 is 0 Å². The molecule has 0 aromatic heterocycles. The van der Waals surface area contributed by atoms with Crippen LogP contribution in [0.3, 0.4) is 0 Å².